The fourth-order valence-corrected chi connectivity index (χ4v) is 1.68. The number of nitrogens with zero attached hydrogens (tertiary/aromatic N) is 3. The molecule has 78 valence electrons. The molecule has 0 spiro atoms. The highest BCUT2D eigenvalue weighted by molar-refractivity contribution is 5.73. The minimum absolute atomic E-state index is 0.122. The highest BCUT2D eigenvalue weighted by Crippen LogP contribution is 2.28. The van der Waals surface area contributed by atoms with E-state index in [9.17, 15) is 0 Å². The largest absolute Gasteiger partial charge is 0.382 e. The maximum Gasteiger partial charge on any atom is 0.145 e. The maximum absolute atomic E-state index is 8.72. The first-order chi connectivity index (χ1) is 7.85. The van der Waals surface area contributed by atoms with Crippen molar-refractivity contribution < 1.29 is 0 Å². The van der Waals surface area contributed by atoms with Gasteiger partial charge in [0.2, 0.25) is 0 Å². The molecule has 0 saturated carbocycles. The van der Waals surface area contributed by atoms with Crippen LogP contribution in [0.1, 0.15) is 0 Å². The molecule has 16 heavy (non-hydrogen) atoms. The highest BCUT2D eigenvalue weighted by Gasteiger charge is 2.14. The standard InChI is InChI=1S/C12H10N4/c13-7-10(8-14)9-16-6-5-15-11-3-1-2-4-12(11)16/h1-4,9,15H,5-6H2. The first-order valence-corrected chi connectivity index (χ1v) is 4.96. The van der Waals surface area contributed by atoms with Crippen LogP contribution in [0.2, 0.25) is 0 Å². The lowest BCUT2D eigenvalue weighted by molar-refractivity contribution is 0.918. The van der Waals surface area contributed by atoms with Crippen molar-refractivity contribution in [1.82, 2.24) is 0 Å². The van der Waals surface area contributed by atoms with Crippen molar-refractivity contribution >= 4 is 11.4 Å². The van der Waals surface area contributed by atoms with Gasteiger partial charge in [-0.25, -0.2) is 0 Å². The zero-order valence-corrected chi connectivity index (χ0v) is 8.64. The summed E-state index contributed by atoms with van der Waals surface area (Å²) in [7, 11) is 0. The number of fused-ring (bicyclic) bond motifs is 1. The van der Waals surface area contributed by atoms with Gasteiger partial charge >= 0.3 is 0 Å². The van der Waals surface area contributed by atoms with Crippen LogP contribution in [0.25, 0.3) is 0 Å². The van der Waals surface area contributed by atoms with E-state index in [1.807, 2.05) is 41.3 Å². The predicted molar refractivity (Wildman–Crippen MR) is 61.6 cm³/mol. The third-order valence-electron chi connectivity index (χ3n) is 2.41. The number of rotatable bonds is 1. The van der Waals surface area contributed by atoms with Gasteiger partial charge in [0.05, 0.1) is 11.4 Å². The number of nitrogens with one attached hydrogen (secondary N) is 1. The van der Waals surface area contributed by atoms with Crippen molar-refractivity contribution in [1.29, 1.82) is 10.5 Å². The van der Waals surface area contributed by atoms with Gasteiger partial charge in [-0.3, -0.25) is 0 Å². The molecule has 0 saturated heterocycles. The highest BCUT2D eigenvalue weighted by atomic mass is 15.2. The minimum atomic E-state index is 0.122. The van der Waals surface area contributed by atoms with E-state index >= 15 is 0 Å². The van der Waals surface area contributed by atoms with Crippen molar-refractivity contribution in [3.05, 3.63) is 36.0 Å². The molecule has 0 aliphatic carbocycles. The van der Waals surface area contributed by atoms with E-state index in [0.717, 1.165) is 24.5 Å². The fourth-order valence-electron chi connectivity index (χ4n) is 1.68. The molecule has 4 nitrogen and oxygen atoms in total. The Morgan fingerprint density at radius 2 is 2.06 bits per heavy atom. The zero-order chi connectivity index (χ0) is 11.4. The predicted octanol–water partition coefficient (Wildman–Crippen LogP) is 1.85. The van der Waals surface area contributed by atoms with Gasteiger partial charge < -0.3 is 10.2 Å². The van der Waals surface area contributed by atoms with Crippen molar-refractivity contribution in [3.8, 4) is 12.1 Å². The fraction of sp³-hybridized carbons (Fsp3) is 0.167. The van der Waals surface area contributed by atoms with Crippen LogP contribution in [0.4, 0.5) is 11.4 Å². The Bertz CT molecular complexity index is 488. The van der Waals surface area contributed by atoms with Gasteiger partial charge in [0.1, 0.15) is 17.7 Å². The second-order valence-corrected chi connectivity index (χ2v) is 3.40. The Kier molecular flexibility index (Phi) is 2.75. The zero-order valence-electron chi connectivity index (χ0n) is 8.64. The summed E-state index contributed by atoms with van der Waals surface area (Å²) in [6, 6.07) is 11.6. The second-order valence-electron chi connectivity index (χ2n) is 3.40. The summed E-state index contributed by atoms with van der Waals surface area (Å²) in [6.45, 7) is 1.56. The van der Waals surface area contributed by atoms with E-state index in [4.69, 9.17) is 10.5 Å². The molecule has 1 aromatic rings. The smallest absolute Gasteiger partial charge is 0.145 e. The number of anilines is 2. The van der Waals surface area contributed by atoms with Crippen molar-refractivity contribution in [2.45, 2.75) is 0 Å². The molecule has 0 bridgehead atoms. The number of hydrogen-bond acceptors (Lipinski definition) is 4. The van der Waals surface area contributed by atoms with Crippen LogP contribution in [-0.2, 0) is 0 Å². The van der Waals surface area contributed by atoms with Crippen LogP contribution >= 0.6 is 0 Å². The Morgan fingerprint density at radius 1 is 1.31 bits per heavy atom. The Morgan fingerprint density at radius 3 is 2.81 bits per heavy atom. The van der Waals surface area contributed by atoms with E-state index in [-0.39, 0.29) is 5.57 Å². The Hall–Kier alpha value is -2.46. The minimum Gasteiger partial charge on any atom is -0.382 e. The summed E-state index contributed by atoms with van der Waals surface area (Å²) in [5.74, 6) is 0. The van der Waals surface area contributed by atoms with Crippen LogP contribution in [0.3, 0.4) is 0 Å². The van der Waals surface area contributed by atoms with E-state index in [1.165, 1.54) is 0 Å². The molecule has 1 heterocycles. The molecule has 1 aliphatic heterocycles. The molecule has 1 aliphatic rings. The Balaban J connectivity index is 2.37. The van der Waals surface area contributed by atoms with Crippen molar-refractivity contribution in [2.75, 3.05) is 23.3 Å². The molecule has 0 amide bonds. The van der Waals surface area contributed by atoms with E-state index in [2.05, 4.69) is 5.32 Å². The average Bonchev–Trinajstić information content (AvgIpc) is 2.36. The van der Waals surface area contributed by atoms with Gasteiger partial charge in [0.15, 0.2) is 0 Å². The third kappa shape index (κ3) is 1.82. The van der Waals surface area contributed by atoms with Gasteiger partial charge in [-0.15, -0.1) is 0 Å². The summed E-state index contributed by atoms with van der Waals surface area (Å²) in [5.41, 5.74) is 2.15. The molecule has 1 N–H and O–H groups in total. The molecule has 2 rings (SSSR count). The van der Waals surface area contributed by atoms with Crippen LogP contribution < -0.4 is 10.2 Å². The number of allylic oxidation sites excluding steroid dienone is 1. The lowest BCUT2D eigenvalue weighted by atomic mass is 10.2. The lowest BCUT2D eigenvalue weighted by Gasteiger charge is -2.28. The van der Waals surface area contributed by atoms with Gasteiger partial charge in [0, 0.05) is 19.3 Å². The molecule has 0 fully saturated rings. The normalized spacial score (nSPS) is 12.8. The monoisotopic (exact) mass is 210 g/mol. The molecule has 0 aromatic heterocycles. The number of nitriles is 2. The summed E-state index contributed by atoms with van der Waals surface area (Å²) in [6.07, 6.45) is 1.60. The second kappa shape index (κ2) is 4.37. The first-order valence-electron chi connectivity index (χ1n) is 4.96. The molecule has 0 atom stereocenters. The van der Waals surface area contributed by atoms with E-state index < -0.39 is 0 Å². The van der Waals surface area contributed by atoms with Crippen LogP contribution in [0.5, 0.6) is 0 Å². The summed E-state index contributed by atoms with van der Waals surface area (Å²) in [5, 5.41) is 20.7. The summed E-state index contributed by atoms with van der Waals surface area (Å²) < 4.78 is 0. The SMILES string of the molecule is N#CC(C#N)=CN1CCNc2ccccc21. The third-order valence-corrected chi connectivity index (χ3v) is 2.41. The van der Waals surface area contributed by atoms with Crippen molar-refractivity contribution in [3.63, 3.8) is 0 Å². The first kappa shape index (κ1) is 10.1. The topological polar surface area (TPSA) is 62.9 Å². The number of para-hydroxylation sites is 2. The average molecular weight is 210 g/mol. The van der Waals surface area contributed by atoms with E-state index in [0.29, 0.717) is 0 Å². The van der Waals surface area contributed by atoms with Gasteiger partial charge in [0.25, 0.3) is 0 Å². The van der Waals surface area contributed by atoms with Crippen LogP contribution in [0.15, 0.2) is 36.0 Å². The maximum atomic E-state index is 8.72. The molecule has 1 aromatic carbocycles. The summed E-state index contributed by atoms with van der Waals surface area (Å²) >= 11 is 0. The Labute approximate surface area is 94.0 Å². The van der Waals surface area contributed by atoms with Gasteiger partial charge in [-0.1, -0.05) is 12.1 Å². The van der Waals surface area contributed by atoms with Gasteiger partial charge in [-0.05, 0) is 12.1 Å². The van der Waals surface area contributed by atoms with E-state index in [1.54, 1.807) is 6.20 Å². The van der Waals surface area contributed by atoms with Crippen LogP contribution in [0, 0.1) is 22.7 Å². The molecule has 0 unspecified atom stereocenters. The molecular weight excluding hydrogens is 200 g/mol. The quantitative estimate of drug-likeness (QED) is 0.718. The van der Waals surface area contributed by atoms with Crippen molar-refractivity contribution in [2.24, 2.45) is 0 Å². The molecule has 0 radical (unpaired) electrons. The molecular formula is C12H10N4. The lowest BCUT2D eigenvalue weighted by Crippen LogP contribution is -2.29. The summed E-state index contributed by atoms with van der Waals surface area (Å²) in [4.78, 5) is 1.92. The number of benzene rings is 1. The number of hydrogen-bond donors (Lipinski definition) is 1. The molecule has 4 heteroatoms. The van der Waals surface area contributed by atoms with Gasteiger partial charge in [-0.2, -0.15) is 10.5 Å². The van der Waals surface area contributed by atoms with Crippen LogP contribution in [-0.4, -0.2) is 13.1 Å².